The molecule has 0 saturated heterocycles. The van der Waals surface area contributed by atoms with Gasteiger partial charge in [-0.05, 0) is 68.1 Å². The van der Waals surface area contributed by atoms with Crippen LogP contribution in [0.1, 0.15) is 45.2 Å². The smallest absolute Gasteiger partial charge is 0.264 e. The zero-order chi connectivity index (χ0) is 31.7. The lowest BCUT2D eigenvalue weighted by Gasteiger charge is -2.34. The summed E-state index contributed by atoms with van der Waals surface area (Å²) in [6, 6.07) is 17.1. The Morgan fingerprint density at radius 3 is 2.26 bits per heavy atom. The topological polar surface area (TPSA) is 96.0 Å². The number of hydrogen-bond donors (Lipinski definition) is 1. The van der Waals surface area contributed by atoms with Crippen molar-refractivity contribution in [1.82, 2.24) is 10.2 Å². The first-order chi connectivity index (χ1) is 20.4. The number of amides is 2. The summed E-state index contributed by atoms with van der Waals surface area (Å²) in [5.74, 6) is -0.416. The highest BCUT2D eigenvalue weighted by atomic mass is 35.5. The van der Waals surface area contributed by atoms with Crippen LogP contribution in [0.2, 0.25) is 10.0 Å². The van der Waals surface area contributed by atoms with Crippen LogP contribution in [0.25, 0.3) is 0 Å². The van der Waals surface area contributed by atoms with Crippen molar-refractivity contribution in [2.45, 2.75) is 58.5 Å². The maximum atomic E-state index is 14.3. The fourth-order valence-corrected chi connectivity index (χ4v) is 6.36. The van der Waals surface area contributed by atoms with Gasteiger partial charge in [-0.15, -0.1) is 0 Å². The van der Waals surface area contributed by atoms with Crippen LogP contribution in [0.3, 0.4) is 0 Å². The molecule has 43 heavy (non-hydrogen) atoms. The highest BCUT2D eigenvalue weighted by molar-refractivity contribution is 7.92. The Labute approximate surface area is 265 Å². The van der Waals surface area contributed by atoms with Crippen LogP contribution in [0.15, 0.2) is 71.6 Å². The van der Waals surface area contributed by atoms with E-state index in [4.69, 9.17) is 27.9 Å². The Hall–Kier alpha value is -3.27. The molecule has 8 nitrogen and oxygen atoms in total. The molecule has 2 amide bonds. The van der Waals surface area contributed by atoms with Gasteiger partial charge in [-0.2, -0.15) is 0 Å². The normalized spacial score (nSPS) is 12.1. The summed E-state index contributed by atoms with van der Waals surface area (Å²) in [7, 11) is -4.24. The standard InChI is InChI=1S/C32H39Cl2N3O5S/c1-6-28(32(39)35-19-22(3)4)36(20-24-14-15-25(33)18-27(24)34)31(38)21-37(29-10-8-9-11-30(29)42-7-2)43(40,41)26-16-12-23(5)13-17-26/h8-18,22,28H,6-7,19-21H2,1-5H3,(H,35,39). The number of halogens is 2. The van der Waals surface area contributed by atoms with Crippen molar-refractivity contribution in [2.75, 3.05) is 24.0 Å². The molecule has 1 unspecified atom stereocenters. The van der Waals surface area contributed by atoms with E-state index in [1.807, 2.05) is 20.8 Å². The number of benzene rings is 3. The SMILES string of the molecule is CCOc1ccccc1N(CC(=O)N(Cc1ccc(Cl)cc1Cl)C(CC)C(=O)NCC(C)C)S(=O)(=O)c1ccc(C)cc1. The molecule has 0 saturated carbocycles. The maximum Gasteiger partial charge on any atom is 0.264 e. The van der Waals surface area contributed by atoms with Crippen molar-refractivity contribution in [3.05, 3.63) is 87.9 Å². The van der Waals surface area contributed by atoms with E-state index in [1.54, 1.807) is 68.4 Å². The Morgan fingerprint density at radius 1 is 0.977 bits per heavy atom. The van der Waals surface area contributed by atoms with Gasteiger partial charge in [0.1, 0.15) is 18.3 Å². The first kappa shape index (κ1) is 34.2. The summed E-state index contributed by atoms with van der Waals surface area (Å²) >= 11 is 12.6. The Bertz CT molecular complexity index is 1510. The molecule has 3 aromatic carbocycles. The summed E-state index contributed by atoms with van der Waals surface area (Å²) in [6.45, 7) is 9.49. The number of para-hydroxylation sites is 2. The average molecular weight is 649 g/mol. The van der Waals surface area contributed by atoms with Crippen molar-refractivity contribution >= 4 is 50.7 Å². The van der Waals surface area contributed by atoms with Crippen molar-refractivity contribution < 1.29 is 22.7 Å². The van der Waals surface area contributed by atoms with Gasteiger partial charge in [0.2, 0.25) is 11.8 Å². The van der Waals surface area contributed by atoms with Crippen LogP contribution in [-0.4, -0.2) is 50.9 Å². The summed E-state index contributed by atoms with van der Waals surface area (Å²) in [5.41, 5.74) is 1.66. The lowest BCUT2D eigenvalue weighted by Crippen LogP contribution is -2.52. The van der Waals surface area contributed by atoms with E-state index in [2.05, 4.69) is 5.32 Å². The Balaban J connectivity index is 2.12. The molecule has 0 aliphatic carbocycles. The van der Waals surface area contributed by atoms with Gasteiger partial charge in [0.25, 0.3) is 10.0 Å². The van der Waals surface area contributed by atoms with Gasteiger partial charge in [0.15, 0.2) is 0 Å². The molecule has 3 rings (SSSR count). The summed E-state index contributed by atoms with van der Waals surface area (Å²) in [6.07, 6.45) is 0.293. The molecular weight excluding hydrogens is 609 g/mol. The lowest BCUT2D eigenvalue weighted by molar-refractivity contribution is -0.140. The summed E-state index contributed by atoms with van der Waals surface area (Å²) in [4.78, 5) is 29.1. The molecule has 11 heteroatoms. The van der Waals surface area contributed by atoms with E-state index >= 15 is 0 Å². The average Bonchev–Trinajstić information content (AvgIpc) is 2.96. The van der Waals surface area contributed by atoms with Gasteiger partial charge in [-0.1, -0.05) is 79.9 Å². The number of ether oxygens (including phenoxy) is 1. The molecule has 0 aromatic heterocycles. The third-order valence-electron chi connectivity index (χ3n) is 6.75. The molecule has 0 spiro atoms. The first-order valence-electron chi connectivity index (χ1n) is 14.2. The van der Waals surface area contributed by atoms with E-state index in [1.165, 1.54) is 17.0 Å². The summed E-state index contributed by atoms with van der Waals surface area (Å²) in [5, 5.41) is 3.67. The van der Waals surface area contributed by atoms with Crippen molar-refractivity contribution in [1.29, 1.82) is 0 Å². The van der Waals surface area contributed by atoms with Crippen LogP contribution < -0.4 is 14.4 Å². The Kier molecular flexibility index (Phi) is 12.3. The highest BCUT2D eigenvalue weighted by Crippen LogP contribution is 2.33. The number of sulfonamides is 1. The van der Waals surface area contributed by atoms with Gasteiger partial charge in [-0.3, -0.25) is 13.9 Å². The predicted octanol–water partition coefficient (Wildman–Crippen LogP) is 6.48. The maximum absolute atomic E-state index is 14.3. The number of anilines is 1. The third-order valence-corrected chi connectivity index (χ3v) is 9.11. The van der Waals surface area contributed by atoms with Gasteiger partial charge in [0, 0.05) is 23.1 Å². The van der Waals surface area contributed by atoms with Gasteiger partial charge >= 0.3 is 0 Å². The number of nitrogens with one attached hydrogen (secondary N) is 1. The third kappa shape index (κ3) is 8.87. The molecule has 232 valence electrons. The van der Waals surface area contributed by atoms with Crippen molar-refractivity contribution in [2.24, 2.45) is 5.92 Å². The second-order valence-corrected chi connectivity index (χ2v) is 13.3. The number of rotatable bonds is 14. The number of aryl methyl sites for hydroxylation is 1. The number of hydrogen-bond acceptors (Lipinski definition) is 5. The van der Waals surface area contributed by atoms with Crippen LogP contribution in [-0.2, 0) is 26.2 Å². The van der Waals surface area contributed by atoms with Crippen LogP contribution in [0.5, 0.6) is 5.75 Å². The lowest BCUT2D eigenvalue weighted by atomic mass is 10.1. The van der Waals surface area contributed by atoms with Crippen molar-refractivity contribution in [3.8, 4) is 5.75 Å². The van der Waals surface area contributed by atoms with Crippen LogP contribution in [0, 0.1) is 12.8 Å². The minimum Gasteiger partial charge on any atom is -0.492 e. The second kappa shape index (κ2) is 15.5. The molecule has 0 bridgehead atoms. The molecule has 1 atom stereocenters. The minimum absolute atomic E-state index is 0.0196. The van der Waals surface area contributed by atoms with Gasteiger partial charge in [0.05, 0.1) is 17.2 Å². The molecule has 0 heterocycles. The van der Waals surface area contributed by atoms with Gasteiger partial charge < -0.3 is 15.0 Å². The monoisotopic (exact) mass is 647 g/mol. The minimum atomic E-state index is -4.24. The Morgan fingerprint density at radius 2 is 1.65 bits per heavy atom. The van der Waals surface area contributed by atoms with Crippen LogP contribution >= 0.6 is 23.2 Å². The summed E-state index contributed by atoms with van der Waals surface area (Å²) < 4.78 is 35.1. The first-order valence-corrected chi connectivity index (χ1v) is 16.4. The fraction of sp³-hybridized carbons (Fsp3) is 0.375. The molecule has 0 fully saturated rings. The van der Waals surface area contributed by atoms with E-state index in [9.17, 15) is 18.0 Å². The molecule has 0 aliphatic heterocycles. The zero-order valence-corrected chi connectivity index (χ0v) is 27.5. The van der Waals surface area contributed by atoms with E-state index in [-0.39, 0.29) is 29.0 Å². The number of carbonyl (C=O) groups excluding carboxylic acids is 2. The number of carbonyl (C=O) groups is 2. The van der Waals surface area contributed by atoms with E-state index < -0.39 is 28.5 Å². The zero-order valence-electron chi connectivity index (χ0n) is 25.1. The molecule has 0 radical (unpaired) electrons. The predicted molar refractivity (Wildman–Crippen MR) is 172 cm³/mol. The second-order valence-electron chi connectivity index (χ2n) is 10.5. The van der Waals surface area contributed by atoms with E-state index in [0.717, 1.165) is 9.87 Å². The highest BCUT2D eigenvalue weighted by Gasteiger charge is 2.35. The van der Waals surface area contributed by atoms with Gasteiger partial charge in [-0.25, -0.2) is 8.42 Å². The number of nitrogens with zero attached hydrogens (tertiary/aromatic N) is 2. The molecule has 1 N–H and O–H groups in total. The quantitative estimate of drug-likeness (QED) is 0.216. The largest absolute Gasteiger partial charge is 0.492 e. The fourth-order valence-electron chi connectivity index (χ4n) is 4.47. The van der Waals surface area contributed by atoms with Crippen molar-refractivity contribution in [3.63, 3.8) is 0 Å². The molecule has 3 aromatic rings. The van der Waals surface area contributed by atoms with Crippen LogP contribution in [0.4, 0.5) is 5.69 Å². The molecule has 0 aliphatic rings. The van der Waals surface area contributed by atoms with E-state index in [0.29, 0.717) is 40.9 Å². The molecular formula is C32H39Cl2N3O5S.